The van der Waals surface area contributed by atoms with Gasteiger partial charge in [-0.2, -0.15) is 26.3 Å². The van der Waals surface area contributed by atoms with Crippen LogP contribution in [0.1, 0.15) is 60.3 Å². The number of ether oxygens (including phenoxy) is 2. The molecule has 200 valence electrons. The molecule has 0 aromatic carbocycles. The highest BCUT2D eigenvalue weighted by Gasteiger charge is 2.94. The molecule has 3 aliphatic carbocycles. The Kier molecular flexibility index (Phi) is 7.13. The molecule has 0 aliphatic heterocycles. The largest absolute Gasteiger partial charge is 0.430 e. The van der Waals surface area contributed by atoms with Crippen molar-refractivity contribution < 1.29 is 49.0 Å². The van der Waals surface area contributed by atoms with Gasteiger partial charge >= 0.3 is 18.0 Å². The van der Waals surface area contributed by atoms with Crippen LogP contribution in [-0.2, 0) is 9.47 Å². The second-order valence-electron chi connectivity index (χ2n) is 11.0. The first kappa shape index (κ1) is 27.9. The van der Waals surface area contributed by atoms with Gasteiger partial charge in [-0.25, -0.2) is 13.2 Å². The third-order valence-electron chi connectivity index (χ3n) is 8.90. The summed E-state index contributed by atoms with van der Waals surface area (Å²) in [7, 11) is 0. The van der Waals surface area contributed by atoms with Gasteiger partial charge in [0, 0.05) is 11.8 Å². The highest BCUT2D eigenvalue weighted by Crippen LogP contribution is 2.73. The Labute approximate surface area is 193 Å². The number of hydrogen-bond donors (Lipinski definition) is 0. The summed E-state index contributed by atoms with van der Waals surface area (Å²) < 4.78 is 141. The van der Waals surface area contributed by atoms with E-state index in [1.807, 2.05) is 20.8 Å². The second kappa shape index (κ2) is 8.70. The van der Waals surface area contributed by atoms with Crippen molar-refractivity contribution >= 4 is 0 Å². The average molecular weight is 512 g/mol. The van der Waals surface area contributed by atoms with Crippen LogP contribution < -0.4 is 0 Å². The predicted octanol–water partition coefficient (Wildman–Crippen LogP) is 7.57. The molecule has 2 nitrogen and oxygen atoms in total. The standard InChI is InChI=1S/C23H33F9O2/c1-11(2)15-7-6-12(3)8-18(15)33-10-34-21(22(27,28)29,23(30,31)32)19(24)16-9-17(20(19,25)26)14(5)13(16)4/h11-18H,6-10H2,1-5H3. The van der Waals surface area contributed by atoms with E-state index in [2.05, 4.69) is 4.74 Å². The fourth-order valence-electron chi connectivity index (χ4n) is 6.81. The van der Waals surface area contributed by atoms with Gasteiger partial charge in [-0.3, -0.25) is 0 Å². The Hall–Kier alpha value is -0.710. The van der Waals surface area contributed by atoms with Crippen molar-refractivity contribution in [2.75, 3.05) is 6.79 Å². The van der Waals surface area contributed by atoms with Crippen LogP contribution in [0.2, 0.25) is 0 Å². The molecule has 8 atom stereocenters. The van der Waals surface area contributed by atoms with Crippen LogP contribution in [0.5, 0.6) is 0 Å². The molecule has 3 rings (SSSR count). The molecule has 0 spiro atoms. The maximum absolute atomic E-state index is 16.2. The summed E-state index contributed by atoms with van der Waals surface area (Å²) in [5, 5.41) is 0. The maximum Gasteiger partial charge on any atom is 0.430 e. The van der Waals surface area contributed by atoms with E-state index >= 15 is 13.2 Å². The van der Waals surface area contributed by atoms with E-state index in [9.17, 15) is 26.3 Å². The minimum Gasteiger partial charge on any atom is -0.352 e. The van der Waals surface area contributed by atoms with E-state index in [1.54, 1.807) is 0 Å². The lowest BCUT2D eigenvalue weighted by molar-refractivity contribution is -0.454. The molecular formula is C23H33F9O2. The van der Waals surface area contributed by atoms with E-state index in [0.717, 1.165) is 6.42 Å². The first-order valence-corrected chi connectivity index (χ1v) is 11.8. The maximum atomic E-state index is 16.2. The summed E-state index contributed by atoms with van der Waals surface area (Å²) in [6.07, 6.45) is -12.7. The predicted molar refractivity (Wildman–Crippen MR) is 106 cm³/mol. The highest BCUT2D eigenvalue weighted by atomic mass is 19.4. The minimum atomic E-state index is -6.50. The Morgan fingerprint density at radius 3 is 1.82 bits per heavy atom. The molecule has 0 heterocycles. The molecule has 11 heteroatoms. The van der Waals surface area contributed by atoms with Crippen molar-refractivity contribution in [2.24, 2.45) is 41.4 Å². The van der Waals surface area contributed by atoms with Gasteiger partial charge in [0.1, 0.15) is 6.79 Å². The van der Waals surface area contributed by atoms with E-state index < -0.39 is 72.5 Å². The van der Waals surface area contributed by atoms with E-state index in [4.69, 9.17) is 4.74 Å². The summed E-state index contributed by atoms with van der Waals surface area (Å²) in [5.74, 6) is -11.1. The van der Waals surface area contributed by atoms with Crippen LogP contribution in [0.25, 0.3) is 0 Å². The van der Waals surface area contributed by atoms with Crippen molar-refractivity contribution in [1.82, 2.24) is 0 Å². The van der Waals surface area contributed by atoms with E-state index in [1.165, 1.54) is 13.8 Å². The van der Waals surface area contributed by atoms with Crippen LogP contribution in [0.15, 0.2) is 0 Å². The quantitative estimate of drug-likeness (QED) is 0.270. The lowest BCUT2D eigenvalue weighted by atomic mass is 9.63. The summed E-state index contributed by atoms with van der Waals surface area (Å²) >= 11 is 0. The summed E-state index contributed by atoms with van der Waals surface area (Å²) in [6.45, 7) is 6.49. The van der Waals surface area contributed by atoms with Gasteiger partial charge in [-0.15, -0.1) is 0 Å². The monoisotopic (exact) mass is 512 g/mol. The summed E-state index contributed by atoms with van der Waals surface area (Å²) in [5.41, 5.74) is -10.7. The van der Waals surface area contributed by atoms with Gasteiger partial charge in [0.05, 0.1) is 6.10 Å². The SMILES string of the molecule is CC1CCC(C(C)C)C(OCOC(C(F)(F)F)(C(F)(F)F)C2(F)C3CC(C(C)C3C)C2(F)F)C1. The fourth-order valence-corrected chi connectivity index (χ4v) is 6.81. The van der Waals surface area contributed by atoms with Gasteiger partial charge in [0.15, 0.2) is 0 Å². The Balaban J connectivity index is 2.00. The fraction of sp³-hybridized carbons (Fsp3) is 1.00. The molecular weight excluding hydrogens is 479 g/mol. The topological polar surface area (TPSA) is 18.5 Å². The summed E-state index contributed by atoms with van der Waals surface area (Å²) in [4.78, 5) is 0. The first-order chi connectivity index (χ1) is 15.3. The zero-order valence-corrected chi connectivity index (χ0v) is 19.9. The van der Waals surface area contributed by atoms with Crippen LogP contribution in [0.4, 0.5) is 39.5 Å². The van der Waals surface area contributed by atoms with Gasteiger partial charge in [0.25, 0.3) is 5.92 Å². The van der Waals surface area contributed by atoms with Gasteiger partial charge in [-0.1, -0.05) is 41.0 Å². The Morgan fingerprint density at radius 2 is 1.35 bits per heavy atom. The highest BCUT2D eigenvalue weighted by molar-refractivity contribution is 5.28. The van der Waals surface area contributed by atoms with Crippen molar-refractivity contribution in [1.29, 1.82) is 0 Å². The molecule has 0 amide bonds. The van der Waals surface area contributed by atoms with Gasteiger partial charge < -0.3 is 9.47 Å². The molecule has 0 radical (unpaired) electrons. The molecule has 3 fully saturated rings. The number of rotatable bonds is 6. The lowest BCUT2D eigenvalue weighted by Crippen LogP contribution is -2.78. The molecule has 3 saturated carbocycles. The second-order valence-corrected chi connectivity index (χ2v) is 11.0. The normalized spacial score (nSPS) is 40.9. The molecule has 2 bridgehead atoms. The zero-order chi connectivity index (χ0) is 26.1. The third-order valence-corrected chi connectivity index (χ3v) is 8.90. The van der Waals surface area contributed by atoms with Crippen molar-refractivity contribution in [3.8, 4) is 0 Å². The van der Waals surface area contributed by atoms with Crippen molar-refractivity contribution in [3.63, 3.8) is 0 Å². The molecule has 34 heavy (non-hydrogen) atoms. The van der Waals surface area contributed by atoms with Crippen molar-refractivity contribution in [3.05, 3.63) is 0 Å². The number of hydrogen-bond acceptors (Lipinski definition) is 2. The minimum absolute atomic E-state index is 0.0252. The lowest BCUT2D eigenvalue weighted by Gasteiger charge is -2.53. The van der Waals surface area contributed by atoms with Gasteiger partial charge in [-0.05, 0) is 48.9 Å². The van der Waals surface area contributed by atoms with Crippen LogP contribution >= 0.6 is 0 Å². The third kappa shape index (κ3) is 3.77. The van der Waals surface area contributed by atoms with E-state index in [0.29, 0.717) is 12.8 Å². The number of alkyl halides is 9. The number of halogens is 9. The smallest absolute Gasteiger partial charge is 0.352 e. The molecule has 0 aromatic rings. The zero-order valence-electron chi connectivity index (χ0n) is 19.9. The number of fused-ring (bicyclic) bond motifs is 2. The van der Waals surface area contributed by atoms with Gasteiger partial charge in [0.2, 0.25) is 5.67 Å². The molecule has 8 unspecified atom stereocenters. The van der Waals surface area contributed by atoms with Crippen LogP contribution in [-0.4, -0.2) is 42.4 Å². The molecule has 0 saturated heterocycles. The Bertz CT molecular complexity index is 721. The Morgan fingerprint density at radius 1 is 0.824 bits per heavy atom. The molecule has 0 N–H and O–H groups in total. The van der Waals surface area contributed by atoms with E-state index in [-0.39, 0.29) is 17.8 Å². The summed E-state index contributed by atoms with van der Waals surface area (Å²) in [6, 6.07) is 0. The average Bonchev–Trinajstić information content (AvgIpc) is 3.08. The first-order valence-electron chi connectivity index (χ1n) is 11.8. The van der Waals surface area contributed by atoms with Crippen LogP contribution in [0.3, 0.4) is 0 Å². The van der Waals surface area contributed by atoms with Crippen LogP contribution in [0, 0.1) is 41.4 Å². The van der Waals surface area contributed by atoms with Crippen molar-refractivity contribution in [2.45, 2.75) is 96.0 Å². The molecule has 3 aliphatic rings. The molecule has 0 aromatic heterocycles.